The summed E-state index contributed by atoms with van der Waals surface area (Å²) in [6.07, 6.45) is 5.47. The fraction of sp³-hybridized carbons (Fsp3) is 0.435. The molecule has 1 aromatic rings. The summed E-state index contributed by atoms with van der Waals surface area (Å²) >= 11 is 0. The number of imide groups is 1. The number of methoxy groups -OCH3 is 1. The number of hydrogen-bond donors (Lipinski definition) is 0. The van der Waals surface area contributed by atoms with Gasteiger partial charge < -0.3 is 9.47 Å². The van der Waals surface area contributed by atoms with Gasteiger partial charge in [-0.3, -0.25) is 14.5 Å². The topological polar surface area (TPSA) is 79.6 Å². The summed E-state index contributed by atoms with van der Waals surface area (Å²) in [5, 5.41) is 9.48. The Morgan fingerprint density at radius 3 is 2.48 bits per heavy atom. The largest absolute Gasteiger partial charge is 0.493 e. The summed E-state index contributed by atoms with van der Waals surface area (Å²) in [7, 11) is 1.55. The van der Waals surface area contributed by atoms with Gasteiger partial charge in [0.05, 0.1) is 13.7 Å². The van der Waals surface area contributed by atoms with Gasteiger partial charge in [-0.2, -0.15) is 5.26 Å². The molecule has 154 valence electrons. The van der Waals surface area contributed by atoms with Crippen molar-refractivity contribution < 1.29 is 19.1 Å². The number of nitrogens with zero attached hydrogens (tertiary/aromatic N) is 2. The summed E-state index contributed by atoms with van der Waals surface area (Å²) in [5.41, 5.74) is 1.50. The van der Waals surface area contributed by atoms with E-state index in [2.05, 4.69) is 6.92 Å². The number of carbonyl (C=O) groups is 2. The van der Waals surface area contributed by atoms with Gasteiger partial charge in [0.1, 0.15) is 11.6 Å². The van der Waals surface area contributed by atoms with E-state index in [1.54, 1.807) is 32.2 Å². The van der Waals surface area contributed by atoms with E-state index in [0.717, 1.165) is 31.2 Å². The molecule has 2 amide bonds. The van der Waals surface area contributed by atoms with Gasteiger partial charge in [-0.1, -0.05) is 32.3 Å². The minimum atomic E-state index is -0.507. The van der Waals surface area contributed by atoms with E-state index in [9.17, 15) is 14.9 Å². The molecule has 6 heteroatoms. The molecular formula is C23H28N2O4. The zero-order chi connectivity index (χ0) is 21.4. The van der Waals surface area contributed by atoms with Gasteiger partial charge in [0.25, 0.3) is 11.8 Å². The highest BCUT2D eigenvalue weighted by atomic mass is 16.5. The number of rotatable bonds is 9. The first-order valence-corrected chi connectivity index (χ1v) is 9.98. The van der Waals surface area contributed by atoms with Crippen molar-refractivity contribution in [3.63, 3.8) is 0 Å². The normalized spacial score (nSPS) is 15.7. The first-order valence-electron chi connectivity index (χ1n) is 9.98. The van der Waals surface area contributed by atoms with Crippen LogP contribution in [0.3, 0.4) is 0 Å². The number of nitriles is 1. The number of hydrogen-bond acceptors (Lipinski definition) is 5. The number of carbonyl (C=O) groups excluding carboxylic acids is 2. The third-order valence-electron chi connectivity index (χ3n) is 4.86. The van der Waals surface area contributed by atoms with Crippen molar-refractivity contribution in [3.8, 4) is 17.6 Å². The molecule has 0 N–H and O–H groups in total. The molecule has 0 unspecified atom stereocenters. The Balaban J connectivity index is 2.41. The van der Waals surface area contributed by atoms with Crippen LogP contribution in [0.15, 0.2) is 34.9 Å². The van der Waals surface area contributed by atoms with Crippen molar-refractivity contribution in [2.24, 2.45) is 0 Å². The minimum absolute atomic E-state index is 0.0178. The van der Waals surface area contributed by atoms with E-state index >= 15 is 0 Å². The van der Waals surface area contributed by atoms with Gasteiger partial charge in [0.15, 0.2) is 11.5 Å². The maximum Gasteiger partial charge on any atom is 0.271 e. The highest BCUT2D eigenvalue weighted by Crippen LogP contribution is 2.31. The summed E-state index contributed by atoms with van der Waals surface area (Å²) in [6, 6.07) is 7.33. The van der Waals surface area contributed by atoms with Gasteiger partial charge in [-0.15, -0.1) is 0 Å². The van der Waals surface area contributed by atoms with Crippen molar-refractivity contribution in [2.75, 3.05) is 20.3 Å². The monoisotopic (exact) mass is 396 g/mol. The molecule has 0 saturated heterocycles. The van der Waals surface area contributed by atoms with Gasteiger partial charge in [-0.05, 0) is 49.6 Å². The van der Waals surface area contributed by atoms with Crippen LogP contribution in [0.1, 0.15) is 52.0 Å². The van der Waals surface area contributed by atoms with Crippen LogP contribution >= 0.6 is 0 Å². The van der Waals surface area contributed by atoms with E-state index in [1.807, 2.05) is 19.1 Å². The van der Waals surface area contributed by atoms with Gasteiger partial charge in [-0.25, -0.2) is 0 Å². The molecule has 1 heterocycles. The second-order valence-corrected chi connectivity index (χ2v) is 6.84. The van der Waals surface area contributed by atoms with Crippen molar-refractivity contribution in [1.29, 1.82) is 5.26 Å². The zero-order valence-corrected chi connectivity index (χ0v) is 17.6. The van der Waals surface area contributed by atoms with E-state index in [1.165, 1.54) is 4.90 Å². The van der Waals surface area contributed by atoms with E-state index in [-0.39, 0.29) is 11.5 Å². The Labute approximate surface area is 172 Å². The fourth-order valence-corrected chi connectivity index (χ4v) is 3.24. The summed E-state index contributed by atoms with van der Waals surface area (Å²) in [4.78, 5) is 26.8. The first kappa shape index (κ1) is 22.2. The molecule has 6 nitrogen and oxygen atoms in total. The minimum Gasteiger partial charge on any atom is -0.493 e. The van der Waals surface area contributed by atoms with Crippen molar-refractivity contribution >= 4 is 17.9 Å². The average molecular weight is 396 g/mol. The molecule has 0 bridgehead atoms. The van der Waals surface area contributed by atoms with Crippen molar-refractivity contribution in [2.45, 2.75) is 46.5 Å². The maximum absolute atomic E-state index is 13.0. The van der Waals surface area contributed by atoms with Gasteiger partial charge in [0.2, 0.25) is 0 Å². The lowest BCUT2D eigenvalue weighted by atomic mass is 9.93. The molecule has 1 aliphatic heterocycles. The average Bonchev–Trinajstić information content (AvgIpc) is 2.72. The lowest BCUT2D eigenvalue weighted by Crippen LogP contribution is -2.43. The number of unbranched alkanes of at least 4 members (excludes halogenated alkanes) is 3. The highest BCUT2D eigenvalue weighted by molar-refractivity contribution is 6.19. The van der Waals surface area contributed by atoms with Crippen LogP contribution in [-0.2, 0) is 9.59 Å². The molecule has 0 radical (unpaired) electrons. The molecular weight excluding hydrogens is 368 g/mol. The summed E-state index contributed by atoms with van der Waals surface area (Å²) in [5.74, 6) is 0.299. The van der Waals surface area contributed by atoms with Crippen molar-refractivity contribution in [1.82, 2.24) is 4.90 Å². The molecule has 0 atom stereocenters. The third-order valence-corrected chi connectivity index (χ3v) is 4.86. The number of amides is 2. The molecule has 0 aromatic heterocycles. The van der Waals surface area contributed by atoms with Gasteiger partial charge in [0, 0.05) is 12.1 Å². The van der Waals surface area contributed by atoms with Crippen LogP contribution in [0.2, 0.25) is 0 Å². The Morgan fingerprint density at radius 2 is 1.86 bits per heavy atom. The first-order chi connectivity index (χ1) is 14.0. The van der Waals surface area contributed by atoms with Crippen LogP contribution in [0, 0.1) is 11.3 Å². The fourth-order valence-electron chi connectivity index (χ4n) is 3.24. The van der Waals surface area contributed by atoms with Crippen LogP contribution in [0.25, 0.3) is 6.08 Å². The molecule has 2 rings (SSSR count). The summed E-state index contributed by atoms with van der Waals surface area (Å²) < 4.78 is 10.9. The number of ether oxygens (including phenoxy) is 2. The molecule has 0 fully saturated rings. The Morgan fingerprint density at radius 1 is 1.10 bits per heavy atom. The zero-order valence-electron chi connectivity index (χ0n) is 17.6. The molecule has 29 heavy (non-hydrogen) atoms. The van der Waals surface area contributed by atoms with Crippen molar-refractivity contribution in [3.05, 3.63) is 40.5 Å². The van der Waals surface area contributed by atoms with Crippen LogP contribution < -0.4 is 9.47 Å². The lowest BCUT2D eigenvalue weighted by Gasteiger charge is -2.27. The molecule has 1 aliphatic rings. The smallest absolute Gasteiger partial charge is 0.271 e. The standard InChI is InChI=1S/C23H28N2O4/c1-5-7-8-9-12-25-22(26)18(16(3)19(15-24)23(25)27)13-17-10-11-20(29-6-2)21(14-17)28-4/h10-11,13-14H,5-9,12H2,1-4H3/b18-13+. The highest BCUT2D eigenvalue weighted by Gasteiger charge is 2.35. The molecule has 1 aromatic carbocycles. The van der Waals surface area contributed by atoms with Crippen LogP contribution in [-0.4, -0.2) is 37.0 Å². The van der Waals surface area contributed by atoms with E-state index in [4.69, 9.17) is 9.47 Å². The Kier molecular flexibility index (Phi) is 8.02. The predicted octanol–water partition coefficient (Wildman–Crippen LogP) is 4.27. The Hall–Kier alpha value is -3.07. The lowest BCUT2D eigenvalue weighted by molar-refractivity contribution is -0.140. The second kappa shape index (κ2) is 10.5. The van der Waals surface area contributed by atoms with E-state index < -0.39 is 5.91 Å². The van der Waals surface area contributed by atoms with Gasteiger partial charge >= 0.3 is 0 Å². The maximum atomic E-state index is 13.0. The third kappa shape index (κ3) is 5.05. The Bertz CT molecular complexity index is 877. The van der Waals surface area contributed by atoms with Crippen LogP contribution in [0.5, 0.6) is 11.5 Å². The SMILES string of the molecule is CCCCCCN1C(=O)C(C#N)=C(C)/C(=C\c2ccc(OCC)c(OC)c2)C1=O. The quantitative estimate of drug-likeness (QED) is 0.354. The molecule has 0 saturated carbocycles. The molecule has 0 aliphatic carbocycles. The van der Waals surface area contributed by atoms with E-state index in [0.29, 0.717) is 35.8 Å². The second-order valence-electron chi connectivity index (χ2n) is 6.84. The predicted molar refractivity (Wildman–Crippen MR) is 111 cm³/mol. The van der Waals surface area contributed by atoms with Crippen LogP contribution in [0.4, 0.5) is 0 Å². The molecule has 0 spiro atoms. The summed E-state index contributed by atoms with van der Waals surface area (Å²) in [6.45, 7) is 6.46. The number of benzene rings is 1.